The molecule has 0 amide bonds. The van der Waals surface area contributed by atoms with Crippen molar-refractivity contribution in [3.63, 3.8) is 0 Å². The number of aromatic carboxylic acids is 1. The molecule has 17 heavy (non-hydrogen) atoms. The quantitative estimate of drug-likeness (QED) is 0.885. The minimum absolute atomic E-state index is 0.193. The van der Waals surface area contributed by atoms with E-state index >= 15 is 0 Å². The minimum Gasteiger partial charge on any atom is -0.478 e. The first-order valence-corrected chi connectivity index (χ1v) is 5.42. The van der Waals surface area contributed by atoms with Crippen LogP contribution in [0.3, 0.4) is 0 Å². The van der Waals surface area contributed by atoms with Crippen LogP contribution in [-0.4, -0.2) is 16.1 Å². The lowest BCUT2D eigenvalue weighted by atomic mass is 10.0. The van der Waals surface area contributed by atoms with Gasteiger partial charge in [-0.3, -0.25) is 4.98 Å². The Morgan fingerprint density at radius 3 is 2.76 bits per heavy atom. The molecule has 2 rings (SSSR count). The van der Waals surface area contributed by atoms with Crippen molar-refractivity contribution in [1.82, 2.24) is 4.98 Å². The van der Waals surface area contributed by atoms with E-state index in [4.69, 9.17) is 16.7 Å². The maximum Gasteiger partial charge on any atom is 0.337 e. The summed E-state index contributed by atoms with van der Waals surface area (Å²) in [6, 6.07) is 8.45. The molecule has 0 aliphatic rings. The number of hydrogen-bond donors (Lipinski definition) is 1. The number of aryl methyl sites for hydroxylation is 1. The minimum atomic E-state index is -0.984. The van der Waals surface area contributed by atoms with Gasteiger partial charge in [0.2, 0.25) is 0 Å². The average Bonchev–Trinajstić information content (AvgIpc) is 2.29. The van der Waals surface area contributed by atoms with Crippen LogP contribution in [0.5, 0.6) is 0 Å². The van der Waals surface area contributed by atoms with Gasteiger partial charge in [-0.1, -0.05) is 17.7 Å². The number of benzene rings is 1. The Labute approximate surface area is 104 Å². The van der Waals surface area contributed by atoms with Gasteiger partial charge in [0.05, 0.1) is 11.3 Å². The van der Waals surface area contributed by atoms with E-state index in [0.29, 0.717) is 10.7 Å². The molecule has 1 N–H and O–H groups in total. The molecule has 1 heterocycles. The fraction of sp³-hybridized carbons (Fsp3) is 0.0769. The third kappa shape index (κ3) is 2.29. The summed E-state index contributed by atoms with van der Waals surface area (Å²) in [6.45, 7) is 1.88. The van der Waals surface area contributed by atoms with E-state index < -0.39 is 5.97 Å². The molecule has 1 aromatic carbocycles. The molecule has 0 bridgehead atoms. The first-order valence-electron chi connectivity index (χ1n) is 5.04. The van der Waals surface area contributed by atoms with Gasteiger partial charge in [-0.05, 0) is 36.8 Å². The molecule has 4 heteroatoms. The van der Waals surface area contributed by atoms with Gasteiger partial charge in [0, 0.05) is 16.8 Å². The lowest BCUT2D eigenvalue weighted by Gasteiger charge is -2.08. The Balaban J connectivity index is 2.64. The number of rotatable bonds is 2. The van der Waals surface area contributed by atoms with Gasteiger partial charge in [-0.25, -0.2) is 4.79 Å². The van der Waals surface area contributed by atoms with Crippen LogP contribution in [-0.2, 0) is 0 Å². The molecule has 0 spiro atoms. The molecule has 0 aliphatic heterocycles. The molecule has 0 atom stereocenters. The zero-order valence-corrected chi connectivity index (χ0v) is 9.90. The van der Waals surface area contributed by atoms with Crippen LogP contribution in [0.2, 0.25) is 5.02 Å². The normalized spacial score (nSPS) is 10.2. The molecular weight excluding hydrogens is 238 g/mol. The summed E-state index contributed by atoms with van der Waals surface area (Å²) in [4.78, 5) is 15.2. The topological polar surface area (TPSA) is 50.2 Å². The van der Waals surface area contributed by atoms with E-state index in [-0.39, 0.29) is 5.56 Å². The van der Waals surface area contributed by atoms with Crippen molar-refractivity contribution in [2.24, 2.45) is 0 Å². The summed E-state index contributed by atoms with van der Waals surface area (Å²) < 4.78 is 0. The van der Waals surface area contributed by atoms with E-state index in [1.165, 1.54) is 0 Å². The molecule has 0 saturated heterocycles. The van der Waals surface area contributed by atoms with Crippen LogP contribution in [0.25, 0.3) is 11.3 Å². The maximum atomic E-state index is 11.1. The van der Waals surface area contributed by atoms with Gasteiger partial charge in [-0.2, -0.15) is 0 Å². The Bertz CT molecular complexity index is 581. The van der Waals surface area contributed by atoms with Crippen molar-refractivity contribution >= 4 is 17.6 Å². The summed E-state index contributed by atoms with van der Waals surface area (Å²) in [5.41, 5.74) is 2.35. The summed E-state index contributed by atoms with van der Waals surface area (Å²) in [7, 11) is 0. The Morgan fingerprint density at radius 1 is 1.35 bits per heavy atom. The summed E-state index contributed by atoms with van der Waals surface area (Å²) >= 11 is 5.87. The highest BCUT2D eigenvalue weighted by Gasteiger charge is 2.13. The van der Waals surface area contributed by atoms with E-state index in [1.807, 2.05) is 6.92 Å². The van der Waals surface area contributed by atoms with Gasteiger partial charge in [0.15, 0.2) is 0 Å². The number of carbonyl (C=O) groups is 1. The number of carboxylic acid groups (broad SMARTS) is 1. The van der Waals surface area contributed by atoms with Gasteiger partial charge in [0.25, 0.3) is 0 Å². The smallest absolute Gasteiger partial charge is 0.337 e. The van der Waals surface area contributed by atoms with Crippen LogP contribution >= 0.6 is 11.6 Å². The van der Waals surface area contributed by atoms with Crippen LogP contribution in [0.4, 0.5) is 0 Å². The number of carboxylic acids is 1. The van der Waals surface area contributed by atoms with E-state index in [2.05, 4.69) is 4.98 Å². The third-order valence-corrected chi connectivity index (χ3v) is 2.72. The number of halogens is 1. The lowest BCUT2D eigenvalue weighted by Crippen LogP contribution is -2.01. The largest absolute Gasteiger partial charge is 0.478 e. The Morgan fingerprint density at radius 2 is 2.12 bits per heavy atom. The monoisotopic (exact) mass is 247 g/mol. The van der Waals surface area contributed by atoms with Crippen molar-refractivity contribution in [2.75, 3.05) is 0 Å². The highest BCUT2D eigenvalue weighted by molar-refractivity contribution is 6.30. The highest BCUT2D eigenvalue weighted by atomic mass is 35.5. The number of nitrogens with zero attached hydrogens (tertiary/aromatic N) is 1. The molecule has 0 aliphatic carbocycles. The molecule has 0 saturated carbocycles. The molecule has 0 unspecified atom stereocenters. The SMILES string of the molecule is Cc1cc(Cl)ccc1-c1ncccc1C(=O)O. The number of aromatic nitrogens is 1. The van der Waals surface area contributed by atoms with Crippen molar-refractivity contribution in [1.29, 1.82) is 0 Å². The molecular formula is C13H10ClNO2. The van der Waals surface area contributed by atoms with E-state index in [1.54, 1.807) is 36.5 Å². The molecule has 2 aromatic rings. The van der Waals surface area contributed by atoms with E-state index in [9.17, 15) is 4.79 Å². The zero-order chi connectivity index (χ0) is 12.4. The average molecular weight is 248 g/mol. The van der Waals surface area contributed by atoms with Gasteiger partial charge >= 0.3 is 5.97 Å². The summed E-state index contributed by atoms with van der Waals surface area (Å²) in [6.07, 6.45) is 1.58. The molecule has 3 nitrogen and oxygen atoms in total. The van der Waals surface area contributed by atoms with Gasteiger partial charge < -0.3 is 5.11 Å². The van der Waals surface area contributed by atoms with Crippen LogP contribution in [0.15, 0.2) is 36.5 Å². The second-order valence-electron chi connectivity index (χ2n) is 3.66. The van der Waals surface area contributed by atoms with E-state index in [0.717, 1.165) is 11.1 Å². The van der Waals surface area contributed by atoms with Gasteiger partial charge in [0.1, 0.15) is 0 Å². The Kier molecular flexibility index (Phi) is 3.11. The zero-order valence-electron chi connectivity index (χ0n) is 9.14. The first-order chi connectivity index (χ1) is 8.09. The second-order valence-corrected chi connectivity index (χ2v) is 4.10. The van der Waals surface area contributed by atoms with Crippen molar-refractivity contribution in [3.8, 4) is 11.3 Å². The second kappa shape index (κ2) is 4.55. The fourth-order valence-corrected chi connectivity index (χ4v) is 1.91. The van der Waals surface area contributed by atoms with Crippen LogP contribution in [0, 0.1) is 6.92 Å². The van der Waals surface area contributed by atoms with Crippen LogP contribution < -0.4 is 0 Å². The fourth-order valence-electron chi connectivity index (χ4n) is 1.69. The predicted molar refractivity (Wildman–Crippen MR) is 66.4 cm³/mol. The third-order valence-electron chi connectivity index (χ3n) is 2.48. The molecule has 0 radical (unpaired) electrons. The molecule has 1 aromatic heterocycles. The van der Waals surface area contributed by atoms with Crippen LogP contribution in [0.1, 0.15) is 15.9 Å². The summed E-state index contributed by atoms with van der Waals surface area (Å²) in [5, 5.41) is 9.73. The van der Waals surface area contributed by atoms with Gasteiger partial charge in [-0.15, -0.1) is 0 Å². The van der Waals surface area contributed by atoms with Crippen molar-refractivity contribution < 1.29 is 9.90 Å². The predicted octanol–water partition coefficient (Wildman–Crippen LogP) is 3.41. The van der Waals surface area contributed by atoms with Crippen molar-refractivity contribution in [3.05, 3.63) is 52.7 Å². The Hall–Kier alpha value is -1.87. The standard InChI is InChI=1S/C13H10ClNO2/c1-8-7-9(14)4-5-10(8)12-11(13(16)17)3-2-6-15-12/h2-7H,1H3,(H,16,17). The van der Waals surface area contributed by atoms with Crippen molar-refractivity contribution in [2.45, 2.75) is 6.92 Å². The lowest BCUT2D eigenvalue weighted by molar-refractivity contribution is 0.0697. The molecule has 86 valence electrons. The number of hydrogen-bond acceptors (Lipinski definition) is 2. The molecule has 0 fully saturated rings. The highest BCUT2D eigenvalue weighted by Crippen LogP contribution is 2.26. The summed E-state index contributed by atoms with van der Waals surface area (Å²) in [5.74, 6) is -0.984. The maximum absolute atomic E-state index is 11.1. The first kappa shape index (κ1) is 11.6. The number of pyridine rings is 1.